The minimum atomic E-state index is 0.336. The van der Waals surface area contributed by atoms with Crippen molar-refractivity contribution in [3.63, 3.8) is 0 Å². The lowest BCUT2D eigenvalue weighted by Gasteiger charge is -2.17. The van der Waals surface area contributed by atoms with Crippen LogP contribution >= 0.6 is 0 Å². The van der Waals surface area contributed by atoms with Gasteiger partial charge in [0.2, 0.25) is 0 Å². The molecule has 1 nitrogen and oxygen atoms in total. The molecule has 0 atom stereocenters. The average Bonchev–Trinajstić information content (AvgIpc) is 2.19. The first-order chi connectivity index (χ1) is 7.24. The smallest absolute Gasteiger partial charge is 0.112 e. The van der Waals surface area contributed by atoms with Crippen LogP contribution in [0.3, 0.4) is 0 Å². The molecule has 0 saturated carbocycles. The van der Waals surface area contributed by atoms with Gasteiger partial charge in [-0.3, -0.25) is 0 Å². The Morgan fingerprint density at radius 1 is 1.20 bits per heavy atom. The molecule has 0 saturated heterocycles. The highest BCUT2D eigenvalue weighted by Crippen LogP contribution is 2.13. The lowest BCUT2D eigenvalue weighted by atomic mass is 10.1. The van der Waals surface area contributed by atoms with Crippen LogP contribution in [0.2, 0.25) is 0 Å². The van der Waals surface area contributed by atoms with Crippen molar-refractivity contribution in [2.45, 2.75) is 52.6 Å². The Balaban J connectivity index is 3.98. The lowest BCUT2D eigenvalue weighted by Crippen LogP contribution is -2.10. The largest absolute Gasteiger partial charge is 0.491 e. The molecule has 0 heterocycles. The Morgan fingerprint density at radius 3 is 2.27 bits per heavy atom. The highest BCUT2D eigenvalue weighted by Gasteiger charge is 2.07. The fraction of sp³-hybridized carbons (Fsp3) is 0.571. The minimum Gasteiger partial charge on any atom is -0.491 e. The minimum absolute atomic E-state index is 0.336. The number of rotatable bonds is 8. The summed E-state index contributed by atoms with van der Waals surface area (Å²) in [4.78, 5) is 0. The molecule has 0 amide bonds. The van der Waals surface area contributed by atoms with E-state index in [9.17, 15) is 0 Å². The SMILES string of the molecule is C=C(/C=C\C=C/C)OC(CCC)CCC. The van der Waals surface area contributed by atoms with Gasteiger partial charge in [-0.25, -0.2) is 0 Å². The summed E-state index contributed by atoms with van der Waals surface area (Å²) in [5.41, 5.74) is 0. The molecule has 0 aromatic rings. The maximum absolute atomic E-state index is 5.76. The summed E-state index contributed by atoms with van der Waals surface area (Å²) in [7, 11) is 0. The second-order valence-electron chi connectivity index (χ2n) is 3.67. The van der Waals surface area contributed by atoms with Gasteiger partial charge in [-0.2, -0.15) is 0 Å². The van der Waals surface area contributed by atoms with E-state index in [1.807, 2.05) is 31.2 Å². The van der Waals surface area contributed by atoms with Crippen LogP contribution in [-0.2, 0) is 4.74 Å². The third kappa shape index (κ3) is 8.04. The molecular weight excluding hydrogens is 184 g/mol. The maximum atomic E-state index is 5.76. The Labute approximate surface area is 94.5 Å². The molecule has 0 spiro atoms. The first-order valence-corrected chi connectivity index (χ1v) is 5.89. The maximum Gasteiger partial charge on any atom is 0.112 e. The molecule has 0 aromatic heterocycles. The van der Waals surface area contributed by atoms with E-state index in [4.69, 9.17) is 4.74 Å². The lowest BCUT2D eigenvalue weighted by molar-refractivity contribution is 0.108. The van der Waals surface area contributed by atoms with Gasteiger partial charge in [0.25, 0.3) is 0 Å². The summed E-state index contributed by atoms with van der Waals surface area (Å²) in [6.45, 7) is 10.2. The van der Waals surface area contributed by atoms with E-state index in [1.165, 1.54) is 0 Å². The van der Waals surface area contributed by atoms with Crippen molar-refractivity contribution in [2.24, 2.45) is 0 Å². The molecule has 0 aliphatic carbocycles. The second-order valence-corrected chi connectivity index (χ2v) is 3.67. The van der Waals surface area contributed by atoms with E-state index < -0.39 is 0 Å². The van der Waals surface area contributed by atoms with E-state index in [0.717, 1.165) is 31.4 Å². The van der Waals surface area contributed by atoms with Gasteiger partial charge < -0.3 is 4.74 Å². The van der Waals surface area contributed by atoms with Gasteiger partial charge in [0.1, 0.15) is 5.76 Å². The summed E-state index contributed by atoms with van der Waals surface area (Å²) in [5.74, 6) is 0.764. The van der Waals surface area contributed by atoms with Crippen LogP contribution in [0.5, 0.6) is 0 Å². The van der Waals surface area contributed by atoms with Crippen LogP contribution in [0.15, 0.2) is 36.6 Å². The zero-order valence-corrected chi connectivity index (χ0v) is 10.3. The second kappa shape index (κ2) is 9.57. The van der Waals surface area contributed by atoms with Crippen LogP contribution in [0.4, 0.5) is 0 Å². The fourth-order valence-corrected chi connectivity index (χ4v) is 1.43. The molecule has 0 bridgehead atoms. The first-order valence-electron chi connectivity index (χ1n) is 5.89. The molecule has 86 valence electrons. The molecular formula is C14H24O. The number of hydrogen-bond donors (Lipinski definition) is 0. The normalized spacial score (nSPS) is 11.7. The predicted molar refractivity (Wildman–Crippen MR) is 67.8 cm³/mol. The van der Waals surface area contributed by atoms with E-state index in [-0.39, 0.29) is 0 Å². The van der Waals surface area contributed by atoms with Crippen LogP contribution in [0, 0.1) is 0 Å². The van der Waals surface area contributed by atoms with Crippen molar-refractivity contribution >= 4 is 0 Å². The molecule has 0 unspecified atom stereocenters. The molecule has 0 rings (SSSR count). The molecule has 0 aliphatic heterocycles. The monoisotopic (exact) mass is 208 g/mol. The topological polar surface area (TPSA) is 9.23 Å². The number of allylic oxidation sites excluding steroid dienone is 4. The Morgan fingerprint density at radius 2 is 1.80 bits per heavy atom. The van der Waals surface area contributed by atoms with Crippen LogP contribution in [-0.4, -0.2) is 6.10 Å². The molecule has 0 aromatic carbocycles. The van der Waals surface area contributed by atoms with Crippen LogP contribution in [0.1, 0.15) is 46.5 Å². The van der Waals surface area contributed by atoms with Crippen molar-refractivity contribution < 1.29 is 4.74 Å². The van der Waals surface area contributed by atoms with Gasteiger partial charge >= 0.3 is 0 Å². The quantitative estimate of drug-likeness (QED) is 0.418. The van der Waals surface area contributed by atoms with E-state index in [1.54, 1.807) is 0 Å². The van der Waals surface area contributed by atoms with E-state index >= 15 is 0 Å². The van der Waals surface area contributed by atoms with E-state index in [0.29, 0.717) is 6.10 Å². The van der Waals surface area contributed by atoms with Gasteiger partial charge in [0.15, 0.2) is 0 Å². The summed E-state index contributed by atoms with van der Waals surface area (Å²) < 4.78 is 5.76. The number of ether oxygens (including phenoxy) is 1. The summed E-state index contributed by atoms with van der Waals surface area (Å²) >= 11 is 0. The van der Waals surface area contributed by atoms with Gasteiger partial charge in [-0.05, 0) is 25.8 Å². The highest BCUT2D eigenvalue weighted by molar-refractivity contribution is 5.14. The zero-order valence-electron chi connectivity index (χ0n) is 10.3. The summed E-state index contributed by atoms with van der Waals surface area (Å²) in [6.07, 6.45) is 12.7. The standard InChI is InChI=1S/C14H24O/c1-5-8-9-12-13(4)15-14(10-6-2)11-7-3/h5,8-9,12,14H,4,6-7,10-11H2,1-3H3/b8-5-,12-9-. The summed E-state index contributed by atoms with van der Waals surface area (Å²) in [6, 6.07) is 0. The average molecular weight is 208 g/mol. The third-order valence-electron chi connectivity index (χ3n) is 2.13. The zero-order chi connectivity index (χ0) is 11.5. The van der Waals surface area contributed by atoms with Gasteiger partial charge in [0, 0.05) is 0 Å². The Kier molecular flexibility index (Phi) is 8.95. The predicted octanol–water partition coefficient (Wildman–Crippen LogP) is 4.62. The van der Waals surface area contributed by atoms with E-state index in [2.05, 4.69) is 20.4 Å². The third-order valence-corrected chi connectivity index (χ3v) is 2.13. The molecule has 15 heavy (non-hydrogen) atoms. The Hall–Kier alpha value is -0.980. The highest BCUT2D eigenvalue weighted by atomic mass is 16.5. The molecule has 1 heteroatoms. The van der Waals surface area contributed by atoms with Gasteiger partial charge in [-0.15, -0.1) is 0 Å². The first kappa shape index (κ1) is 14.0. The van der Waals surface area contributed by atoms with Crippen molar-refractivity contribution in [1.82, 2.24) is 0 Å². The fourth-order valence-electron chi connectivity index (χ4n) is 1.43. The van der Waals surface area contributed by atoms with Gasteiger partial charge in [0.05, 0.1) is 6.10 Å². The van der Waals surface area contributed by atoms with Crippen LogP contribution in [0.25, 0.3) is 0 Å². The molecule has 0 aliphatic rings. The van der Waals surface area contributed by atoms with Crippen LogP contribution < -0.4 is 0 Å². The molecule has 0 radical (unpaired) electrons. The summed E-state index contributed by atoms with van der Waals surface area (Å²) in [5, 5.41) is 0. The Bertz CT molecular complexity index is 207. The number of hydrogen-bond acceptors (Lipinski definition) is 1. The molecule has 0 N–H and O–H groups in total. The van der Waals surface area contributed by atoms with Crippen molar-refractivity contribution in [3.05, 3.63) is 36.6 Å². The van der Waals surface area contributed by atoms with Crippen molar-refractivity contribution in [2.75, 3.05) is 0 Å². The van der Waals surface area contributed by atoms with Crippen molar-refractivity contribution in [1.29, 1.82) is 0 Å². The molecule has 0 fully saturated rings. The van der Waals surface area contributed by atoms with Crippen molar-refractivity contribution in [3.8, 4) is 0 Å². The van der Waals surface area contributed by atoms with Gasteiger partial charge in [-0.1, -0.05) is 51.5 Å².